The number of esters is 2. The number of carbonyl (C=O) groups excluding carboxylic acids is 4. The van der Waals surface area contributed by atoms with E-state index in [1.807, 2.05) is 25.9 Å². The highest BCUT2D eigenvalue weighted by atomic mass is 16.7. The van der Waals surface area contributed by atoms with Gasteiger partial charge in [-0.05, 0) is 61.1 Å². The van der Waals surface area contributed by atoms with Gasteiger partial charge in [0.05, 0.1) is 35.1 Å². The van der Waals surface area contributed by atoms with Crippen molar-refractivity contribution in [2.45, 2.75) is 136 Å². The van der Waals surface area contributed by atoms with Crippen LogP contribution in [0, 0.1) is 28.6 Å². The van der Waals surface area contributed by atoms with Crippen molar-refractivity contribution in [1.82, 2.24) is 4.90 Å². The van der Waals surface area contributed by atoms with Gasteiger partial charge in [0.15, 0.2) is 24.0 Å². The van der Waals surface area contributed by atoms with Crippen molar-refractivity contribution in [3.63, 3.8) is 0 Å². The van der Waals surface area contributed by atoms with E-state index in [0.29, 0.717) is 6.42 Å². The smallest absolute Gasteiger partial charge is 0.387 e. The van der Waals surface area contributed by atoms with E-state index in [2.05, 4.69) is 5.10 Å². The van der Waals surface area contributed by atoms with Crippen molar-refractivity contribution in [2.75, 3.05) is 27.3 Å². The molecule has 3 saturated heterocycles. The van der Waals surface area contributed by atoms with Crippen LogP contribution in [0.2, 0.25) is 0 Å². The SMILES string of the molecule is CC[C@H]1OC(=O)[C@H](C)C(=O)[C@H](C)[C@@H](O[C@@H]2O[C@H](C)C[C@H](N(C)C)[C@H]2OC(C)=O)[C@@]2(C)C[C@@H](C)/C(=N\[N+](=O)O)[C@H](C)[C@@H](OCC(=O)CO2)[C@]1(C)O. The van der Waals surface area contributed by atoms with Crippen LogP contribution in [-0.2, 0) is 47.6 Å². The maximum absolute atomic E-state index is 14.2. The zero-order valence-corrected chi connectivity index (χ0v) is 31.1. The van der Waals surface area contributed by atoms with Gasteiger partial charge in [0.2, 0.25) is 0 Å². The average molecular weight is 715 g/mol. The first kappa shape index (κ1) is 41.5. The number of fused-ring (bicyclic) bond motifs is 5. The fourth-order valence-electron chi connectivity index (χ4n) is 7.74. The molecule has 50 heavy (non-hydrogen) atoms. The van der Waals surface area contributed by atoms with Crippen LogP contribution in [0.1, 0.15) is 81.6 Å². The second kappa shape index (κ2) is 16.6. The second-order valence-corrected chi connectivity index (χ2v) is 14.7. The van der Waals surface area contributed by atoms with Gasteiger partial charge in [0, 0.05) is 24.7 Å². The third-order valence-corrected chi connectivity index (χ3v) is 10.3. The quantitative estimate of drug-likeness (QED) is 0.231. The molecule has 0 spiro atoms. The molecule has 0 aliphatic carbocycles. The van der Waals surface area contributed by atoms with E-state index in [9.17, 15) is 34.4 Å². The summed E-state index contributed by atoms with van der Waals surface area (Å²) in [7, 11) is 3.66. The van der Waals surface area contributed by atoms with Crippen molar-refractivity contribution in [1.29, 1.82) is 0 Å². The third-order valence-electron chi connectivity index (χ3n) is 10.3. The molecule has 16 heteroatoms. The largest absolute Gasteiger partial charge is 0.459 e. The average Bonchev–Trinajstić information content (AvgIpc) is 3.03. The monoisotopic (exact) mass is 714 g/mol. The number of ether oxygens (including phenoxy) is 6. The zero-order chi connectivity index (χ0) is 37.9. The van der Waals surface area contributed by atoms with Crippen molar-refractivity contribution < 1.29 is 62.9 Å². The van der Waals surface area contributed by atoms with E-state index >= 15 is 0 Å². The molecule has 2 N–H and O–H groups in total. The lowest BCUT2D eigenvalue weighted by molar-refractivity contribution is -0.796. The number of likely N-dealkylation sites (N-methyl/N-ethyl adjacent to an activating group) is 1. The third kappa shape index (κ3) is 9.31. The molecule has 0 amide bonds. The number of Topliss-reactive ketones (excluding diaryl/α,β-unsaturated/α-hetero) is 2. The molecule has 0 aromatic carbocycles. The van der Waals surface area contributed by atoms with E-state index in [0.717, 1.165) is 0 Å². The summed E-state index contributed by atoms with van der Waals surface area (Å²) in [5.41, 5.74) is -3.43. The molecular formula is C34H56N3O13+. The van der Waals surface area contributed by atoms with Crippen LogP contribution in [-0.4, -0.2) is 131 Å². The van der Waals surface area contributed by atoms with Crippen LogP contribution in [0.25, 0.3) is 0 Å². The predicted octanol–water partition coefficient (Wildman–Crippen LogP) is 2.23. The Bertz CT molecular complexity index is 1300. The molecular weight excluding hydrogens is 658 g/mol. The summed E-state index contributed by atoms with van der Waals surface area (Å²) in [6.45, 7) is 13.1. The van der Waals surface area contributed by atoms with Gasteiger partial charge in [-0.1, -0.05) is 27.7 Å². The number of cyclic esters (lactones) is 1. The number of aliphatic hydroxyl groups is 1. The van der Waals surface area contributed by atoms with Gasteiger partial charge in [-0.3, -0.25) is 19.2 Å². The van der Waals surface area contributed by atoms with Gasteiger partial charge in [-0.15, -0.1) is 0 Å². The lowest BCUT2D eigenvalue weighted by Crippen LogP contribution is -2.60. The van der Waals surface area contributed by atoms with E-state index < -0.39 is 107 Å². The summed E-state index contributed by atoms with van der Waals surface area (Å²) in [6.07, 6.45) is -5.71. The Balaban J connectivity index is 2.32. The minimum atomic E-state index is -1.96. The van der Waals surface area contributed by atoms with E-state index in [1.165, 1.54) is 20.8 Å². The molecule has 16 nitrogen and oxygen atoms in total. The predicted molar refractivity (Wildman–Crippen MR) is 176 cm³/mol. The van der Waals surface area contributed by atoms with E-state index in [-0.39, 0.29) is 30.7 Å². The number of carbonyl (C=O) groups is 4. The highest BCUT2D eigenvalue weighted by molar-refractivity contribution is 6.00. The van der Waals surface area contributed by atoms with Gasteiger partial charge in [0.1, 0.15) is 41.5 Å². The molecule has 0 radical (unpaired) electrons. The fraction of sp³-hybridized carbons (Fsp3) is 0.853. The van der Waals surface area contributed by atoms with Crippen LogP contribution in [0.3, 0.4) is 0 Å². The molecule has 3 heterocycles. The van der Waals surface area contributed by atoms with Crippen LogP contribution in [0.15, 0.2) is 5.10 Å². The highest BCUT2D eigenvalue weighted by Crippen LogP contribution is 2.40. The molecule has 2 bridgehead atoms. The maximum atomic E-state index is 14.2. The summed E-state index contributed by atoms with van der Waals surface area (Å²) in [5.74, 6) is -6.66. The Kier molecular flexibility index (Phi) is 13.8. The topological polar surface area (TPSA) is 200 Å². The van der Waals surface area contributed by atoms with Crippen LogP contribution >= 0.6 is 0 Å². The van der Waals surface area contributed by atoms with Crippen molar-refractivity contribution in [3.8, 4) is 0 Å². The van der Waals surface area contributed by atoms with Gasteiger partial charge in [0.25, 0.3) is 0 Å². The summed E-state index contributed by atoms with van der Waals surface area (Å²) < 4.78 is 36.9. The molecule has 0 saturated carbocycles. The fourth-order valence-corrected chi connectivity index (χ4v) is 7.74. The van der Waals surface area contributed by atoms with Gasteiger partial charge >= 0.3 is 17.0 Å². The van der Waals surface area contributed by atoms with Crippen LogP contribution in [0.4, 0.5) is 0 Å². The number of rotatable bonds is 6. The minimum absolute atomic E-state index is 0.0396. The van der Waals surface area contributed by atoms with Crippen LogP contribution in [0.5, 0.6) is 0 Å². The standard InChI is InChI=1S/C34H56N3O13/c1-12-25-34(9,42)30-19(4)26(35-37(43)44)17(2)14-33(8,46-16-23(39)15-45-30)29(20(5)27(40)21(6)31(41)49-25)50-32-28(48-22(7)38)24(36(10)11)13-18(3)47-32/h17-21,24-25,28-30,32,42H,12-16H2,1-11H3,(H,43,44)/q+1/b35-26+/t17-,18-,19+,20+,21-,24+,25-,28-,29-,30-,32+,33-,34-/m1/s1. The number of ketones is 2. The summed E-state index contributed by atoms with van der Waals surface area (Å²) in [4.78, 5) is 67.5. The lowest BCUT2D eigenvalue weighted by atomic mass is 9.74. The molecule has 3 fully saturated rings. The van der Waals surface area contributed by atoms with E-state index in [4.69, 9.17) is 28.4 Å². The molecule has 0 unspecified atom stereocenters. The van der Waals surface area contributed by atoms with Crippen molar-refractivity contribution in [3.05, 3.63) is 4.91 Å². The van der Waals surface area contributed by atoms with Crippen LogP contribution < -0.4 is 0 Å². The Morgan fingerprint density at radius 1 is 1.08 bits per heavy atom. The molecule has 0 aromatic rings. The lowest BCUT2D eigenvalue weighted by Gasteiger charge is -2.48. The van der Waals surface area contributed by atoms with Gasteiger partial charge in [-0.2, -0.15) is 0 Å². The highest BCUT2D eigenvalue weighted by Gasteiger charge is 2.54. The number of nitrogens with zero attached hydrogens (tertiary/aromatic N) is 3. The normalized spacial score (nSPS) is 41.9. The minimum Gasteiger partial charge on any atom is -0.459 e. The first-order valence-corrected chi connectivity index (χ1v) is 17.3. The first-order valence-electron chi connectivity index (χ1n) is 17.3. The van der Waals surface area contributed by atoms with Crippen molar-refractivity contribution >= 4 is 29.2 Å². The summed E-state index contributed by atoms with van der Waals surface area (Å²) >= 11 is 0. The van der Waals surface area contributed by atoms with Gasteiger partial charge < -0.3 is 38.4 Å². The number of hydrazone groups is 1. The maximum Gasteiger partial charge on any atom is 0.387 e. The Hall–Kier alpha value is -2.89. The Labute approximate surface area is 293 Å². The number of hydrogen-bond acceptors (Lipinski definition) is 13. The second-order valence-electron chi connectivity index (χ2n) is 14.7. The van der Waals surface area contributed by atoms with Crippen molar-refractivity contribution in [2.24, 2.45) is 28.8 Å². The number of hydrogen-bond donors (Lipinski definition) is 2. The molecule has 0 aromatic heterocycles. The first-order chi connectivity index (χ1) is 23.1. The Morgan fingerprint density at radius 2 is 1.72 bits per heavy atom. The summed E-state index contributed by atoms with van der Waals surface area (Å²) in [5, 5.41) is 25.0. The van der Waals surface area contributed by atoms with Gasteiger partial charge in [-0.25, -0.2) is 5.21 Å². The molecule has 13 atom stereocenters. The van der Waals surface area contributed by atoms with E-state index in [1.54, 1.807) is 34.6 Å². The Morgan fingerprint density at radius 3 is 2.28 bits per heavy atom. The summed E-state index contributed by atoms with van der Waals surface area (Å²) in [6, 6.07) is -0.340. The molecule has 3 aliphatic rings. The molecule has 3 rings (SSSR count). The molecule has 3 aliphatic heterocycles. The zero-order valence-electron chi connectivity index (χ0n) is 31.1. The molecule has 284 valence electrons.